The molecule has 0 saturated carbocycles. The predicted molar refractivity (Wildman–Crippen MR) is 86.4 cm³/mol. The van der Waals surface area contributed by atoms with E-state index in [-0.39, 0.29) is 12.4 Å². The Morgan fingerprint density at radius 1 is 1.13 bits per heavy atom. The van der Waals surface area contributed by atoms with Crippen molar-refractivity contribution in [2.75, 3.05) is 13.7 Å². The van der Waals surface area contributed by atoms with Crippen LogP contribution in [0.2, 0.25) is 0 Å². The standard InChI is InChI=1S/C19H16O4/c1-22-18(20)12-23-16-8-6-13(7-9-16)10-15-11-14-4-2-3-5-17(14)19(15)21/h2-10H,11-12H2,1H3/b15-10+. The molecule has 3 rings (SSSR count). The van der Waals surface area contributed by atoms with Crippen LogP contribution in [-0.4, -0.2) is 25.5 Å². The minimum Gasteiger partial charge on any atom is -0.482 e. The summed E-state index contributed by atoms with van der Waals surface area (Å²) in [6, 6.07) is 14.9. The highest BCUT2D eigenvalue weighted by molar-refractivity contribution is 6.15. The first-order valence-electron chi connectivity index (χ1n) is 7.30. The second-order valence-corrected chi connectivity index (χ2v) is 5.27. The fraction of sp³-hybridized carbons (Fsp3) is 0.158. The SMILES string of the molecule is COC(=O)COc1ccc(/C=C2\Cc3ccccc3C2=O)cc1. The maximum Gasteiger partial charge on any atom is 0.343 e. The van der Waals surface area contributed by atoms with Crippen molar-refractivity contribution in [1.29, 1.82) is 0 Å². The molecule has 2 aromatic rings. The molecule has 2 aromatic carbocycles. The molecule has 0 spiro atoms. The molecule has 4 nitrogen and oxygen atoms in total. The van der Waals surface area contributed by atoms with Gasteiger partial charge in [0.25, 0.3) is 0 Å². The number of rotatable bonds is 4. The Kier molecular flexibility index (Phi) is 4.24. The number of benzene rings is 2. The number of Topliss-reactive ketones (excluding diaryl/α,β-unsaturated/α-hetero) is 1. The molecule has 1 aliphatic carbocycles. The minimum atomic E-state index is -0.425. The van der Waals surface area contributed by atoms with Crippen LogP contribution in [0, 0.1) is 0 Å². The van der Waals surface area contributed by atoms with Gasteiger partial charge in [0.15, 0.2) is 12.4 Å². The van der Waals surface area contributed by atoms with Gasteiger partial charge in [0.2, 0.25) is 0 Å². The van der Waals surface area contributed by atoms with E-state index >= 15 is 0 Å². The average molecular weight is 308 g/mol. The van der Waals surface area contributed by atoms with E-state index in [0.717, 1.165) is 22.3 Å². The van der Waals surface area contributed by atoms with Crippen LogP contribution >= 0.6 is 0 Å². The topological polar surface area (TPSA) is 52.6 Å². The Labute approximate surface area is 134 Å². The Hall–Kier alpha value is -2.88. The summed E-state index contributed by atoms with van der Waals surface area (Å²) in [6.45, 7) is -0.120. The molecule has 0 amide bonds. The molecule has 116 valence electrons. The molecule has 0 aromatic heterocycles. The van der Waals surface area contributed by atoms with Crippen LogP contribution in [0.1, 0.15) is 21.5 Å². The van der Waals surface area contributed by atoms with Gasteiger partial charge in [0.05, 0.1) is 7.11 Å². The summed E-state index contributed by atoms with van der Waals surface area (Å²) in [5.74, 6) is 0.246. The quantitative estimate of drug-likeness (QED) is 0.643. The third-order valence-corrected chi connectivity index (χ3v) is 3.74. The number of carbonyl (C=O) groups excluding carboxylic acids is 2. The average Bonchev–Trinajstić information content (AvgIpc) is 2.90. The smallest absolute Gasteiger partial charge is 0.343 e. The van der Waals surface area contributed by atoms with Crippen molar-refractivity contribution in [3.05, 3.63) is 70.8 Å². The van der Waals surface area contributed by atoms with Crippen molar-refractivity contribution in [3.63, 3.8) is 0 Å². The summed E-state index contributed by atoms with van der Waals surface area (Å²) in [7, 11) is 1.32. The molecular formula is C19H16O4. The molecule has 0 unspecified atom stereocenters. The molecule has 0 N–H and O–H groups in total. The van der Waals surface area contributed by atoms with E-state index in [2.05, 4.69) is 4.74 Å². The highest BCUT2D eigenvalue weighted by Crippen LogP contribution is 2.27. The Morgan fingerprint density at radius 3 is 2.57 bits per heavy atom. The van der Waals surface area contributed by atoms with Gasteiger partial charge in [0.1, 0.15) is 5.75 Å². The number of ether oxygens (including phenoxy) is 2. The van der Waals surface area contributed by atoms with Crippen molar-refractivity contribution in [1.82, 2.24) is 0 Å². The van der Waals surface area contributed by atoms with Gasteiger partial charge in [-0.05, 0) is 29.3 Å². The number of methoxy groups -OCH3 is 1. The lowest BCUT2D eigenvalue weighted by Gasteiger charge is -2.05. The first kappa shape index (κ1) is 15.0. The van der Waals surface area contributed by atoms with Crippen LogP contribution in [0.25, 0.3) is 6.08 Å². The number of hydrogen-bond acceptors (Lipinski definition) is 4. The maximum atomic E-state index is 12.3. The van der Waals surface area contributed by atoms with Gasteiger partial charge in [-0.1, -0.05) is 36.4 Å². The van der Waals surface area contributed by atoms with Crippen LogP contribution in [0.5, 0.6) is 5.75 Å². The number of esters is 1. The zero-order chi connectivity index (χ0) is 16.2. The second-order valence-electron chi connectivity index (χ2n) is 5.27. The zero-order valence-electron chi connectivity index (χ0n) is 12.7. The molecule has 0 heterocycles. The van der Waals surface area contributed by atoms with Gasteiger partial charge < -0.3 is 9.47 Å². The van der Waals surface area contributed by atoms with Crippen molar-refractivity contribution >= 4 is 17.8 Å². The number of carbonyl (C=O) groups is 2. The molecule has 0 fully saturated rings. The van der Waals surface area contributed by atoms with Gasteiger partial charge in [-0.2, -0.15) is 0 Å². The third kappa shape index (κ3) is 3.31. The van der Waals surface area contributed by atoms with Crippen LogP contribution in [0.15, 0.2) is 54.1 Å². The molecule has 0 bridgehead atoms. The fourth-order valence-electron chi connectivity index (χ4n) is 2.53. The molecular weight excluding hydrogens is 292 g/mol. The van der Waals surface area contributed by atoms with E-state index in [1.54, 1.807) is 12.1 Å². The summed E-state index contributed by atoms with van der Waals surface area (Å²) >= 11 is 0. The number of ketones is 1. The number of hydrogen-bond donors (Lipinski definition) is 0. The summed E-state index contributed by atoms with van der Waals surface area (Å²) in [4.78, 5) is 23.4. The van der Waals surface area contributed by atoms with Crippen molar-refractivity contribution in [2.24, 2.45) is 0 Å². The first-order chi connectivity index (χ1) is 11.2. The normalized spacial score (nSPS) is 14.7. The van der Waals surface area contributed by atoms with Gasteiger partial charge in [-0.25, -0.2) is 4.79 Å². The minimum absolute atomic E-state index is 0.0895. The van der Waals surface area contributed by atoms with Crippen LogP contribution in [0.3, 0.4) is 0 Å². The Balaban J connectivity index is 1.72. The monoisotopic (exact) mass is 308 g/mol. The molecule has 23 heavy (non-hydrogen) atoms. The van der Waals surface area contributed by atoms with E-state index in [1.807, 2.05) is 42.5 Å². The summed E-state index contributed by atoms with van der Waals surface area (Å²) in [5, 5.41) is 0. The number of allylic oxidation sites excluding steroid dienone is 1. The van der Waals surface area contributed by atoms with Crippen LogP contribution < -0.4 is 4.74 Å². The van der Waals surface area contributed by atoms with E-state index < -0.39 is 5.97 Å². The van der Waals surface area contributed by atoms with Crippen molar-refractivity contribution in [3.8, 4) is 5.75 Å². The number of fused-ring (bicyclic) bond motifs is 1. The largest absolute Gasteiger partial charge is 0.482 e. The third-order valence-electron chi connectivity index (χ3n) is 3.74. The molecule has 4 heteroatoms. The molecule has 0 radical (unpaired) electrons. The lowest BCUT2D eigenvalue weighted by Crippen LogP contribution is -2.12. The highest BCUT2D eigenvalue weighted by Gasteiger charge is 2.23. The van der Waals surface area contributed by atoms with Crippen LogP contribution in [0.4, 0.5) is 0 Å². The van der Waals surface area contributed by atoms with Gasteiger partial charge in [0, 0.05) is 17.6 Å². The Bertz CT molecular complexity index is 772. The van der Waals surface area contributed by atoms with E-state index in [9.17, 15) is 9.59 Å². The first-order valence-corrected chi connectivity index (χ1v) is 7.30. The molecule has 0 aliphatic heterocycles. The lowest BCUT2D eigenvalue weighted by molar-refractivity contribution is -0.142. The summed E-state index contributed by atoms with van der Waals surface area (Å²) < 4.78 is 9.81. The van der Waals surface area contributed by atoms with Crippen LogP contribution in [-0.2, 0) is 16.0 Å². The molecule has 0 saturated heterocycles. The van der Waals surface area contributed by atoms with Crippen molar-refractivity contribution in [2.45, 2.75) is 6.42 Å². The van der Waals surface area contributed by atoms with E-state index in [1.165, 1.54) is 7.11 Å². The lowest BCUT2D eigenvalue weighted by atomic mass is 10.1. The fourth-order valence-corrected chi connectivity index (χ4v) is 2.53. The van der Waals surface area contributed by atoms with Gasteiger partial charge in [-0.15, -0.1) is 0 Å². The van der Waals surface area contributed by atoms with E-state index in [4.69, 9.17) is 4.74 Å². The molecule has 1 aliphatic rings. The highest BCUT2D eigenvalue weighted by atomic mass is 16.6. The zero-order valence-corrected chi connectivity index (χ0v) is 12.7. The maximum absolute atomic E-state index is 12.3. The van der Waals surface area contributed by atoms with Crippen molar-refractivity contribution < 1.29 is 19.1 Å². The second kappa shape index (κ2) is 6.48. The predicted octanol–water partition coefficient (Wildman–Crippen LogP) is 3.06. The summed E-state index contributed by atoms with van der Waals surface area (Å²) in [5.41, 5.74) is 3.57. The van der Waals surface area contributed by atoms with Gasteiger partial charge in [-0.3, -0.25) is 4.79 Å². The molecule has 0 atom stereocenters. The van der Waals surface area contributed by atoms with E-state index in [0.29, 0.717) is 12.2 Å². The summed E-state index contributed by atoms with van der Waals surface area (Å²) in [6.07, 6.45) is 2.56. The van der Waals surface area contributed by atoms with Gasteiger partial charge >= 0.3 is 5.97 Å². The Morgan fingerprint density at radius 2 is 1.87 bits per heavy atom.